The van der Waals surface area contributed by atoms with Gasteiger partial charge in [-0.15, -0.1) is 0 Å². The molecule has 0 bridgehead atoms. The largest absolute Gasteiger partial charge is 0.426 e. The first-order valence-electron chi connectivity index (χ1n) is 6.54. The molecule has 0 unspecified atom stereocenters. The standard InChI is InChI=1S/C16H14N2O3/c1-10-3-2-4-11(7-10)8-15(19)18-13-6-5-12(17)9-14(13)21-16(18)20/h2-7,9H,8,17H2,1H3. The van der Waals surface area contributed by atoms with Gasteiger partial charge >= 0.3 is 5.76 Å². The van der Waals surface area contributed by atoms with Crippen LogP contribution >= 0.6 is 0 Å². The van der Waals surface area contributed by atoms with Gasteiger partial charge in [0.15, 0.2) is 5.58 Å². The van der Waals surface area contributed by atoms with Crippen LogP contribution in [0.3, 0.4) is 0 Å². The lowest BCUT2D eigenvalue weighted by Crippen LogP contribution is -2.24. The van der Waals surface area contributed by atoms with E-state index in [1.165, 1.54) is 6.07 Å². The molecule has 106 valence electrons. The summed E-state index contributed by atoms with van der Waals surface area (Å²) in [6, 6.07) is 12.4. The van der Waals surface area contributed by atoms with Crippen LogP contribution in [0.4, 0.5) is 5.69 Å². The van der Waals surface area contributed by atoms with Crippen molar-refractivity contribution in [2.45, 2.75) is 13.3 Å². The zero-order valence-electron chi connectivity index (χ0n) is 11.5. The highest BCUT2D eigenvalue weighted by Crippen LogP contribution is 2.17. The van der Waals surface area contributed by atoms with Gasteiger partial charge in [-0.05, 0) is 24.6 Å². The number of nitrogens with two attached hydrogens (primary N) is 1. The summed E-state index contributed by atoms with van der Waals surface area (Å²) in [6.07, 6.45) is 0.139. The molecule has 3 rings (SSSR count). The fourth-order valence-corrected chi connectivity index (χ4v) is 2.35. The number of carbonyl (C=O) groups is 1. The van der Waals surface area contributed by atoms with Gasteiger partial charge in [0.25, 0.3) is 0 Å². The number of carbonyl (C=O) groups excluding carboxylic acids is 1. The minimum Gasteiger partial charge on any atom is -0.407 e. The lowest BCUT2D eigenvalue weighted by molar-refractivity contribution is 0.0910. The summed E-state index contributed by atoms with van der Waals surface area (Å²) in [5.74, 6) is -1.01. The van der Waals surface area contributed by atoms with Crippen molar-refractivity contribution >= 4 is 22.7 Å². The van der Waals surface area contributed by atoms with Crippen molar-refractivity contribution in [1.29, 1.82) is 0 Å². The van der Waals surface area contributed by atoms with Crippen LogP contribution in [0.25, 0.3) is 11.1 Å². The Labute approximate surface area is 120 Å². The molecule has 2 N–H and O–H groups in total. The van der Waals surface area contributed by atoms with Crippen molar-refractivity contribution in [1.82, 2.24) is 4.57 Å². The monoisotopic (exact) mass is 282 g/mol. The molecule has 0 spiro atoms. The van der Waals surface area contributed by atoms with Crippen molar-refractivity contribution in [2.24, 2.45) is 0 Å². The molecule has 21 heavy (non-hydrogen) atoms. The number of aryl methyl sites for hydroxylation is 1. The number of aromatic nitrogens is 1. The van der Waals surface area contributed by atoms with Crippen molar-refractivity contribution < 1.29 is 9.21 Å². The molecule has 0 saturated carbocycles. The predicted molar refractivity (Wildman–Crippen MR) is 80.4 cm³/mol. The minimum atomic E-state index is -0.687. The van der Waals surface area contributed by atoms with Crippen LogP contribution in [0.1, 0.15) is 15.9 Å². The quantitative estimate of drug-likeness (QED) is 0.732. The summed E-state index contributed by atoms with van der Waals surface area (Å²) in [5.41, 5.74) is 8.80. The van der Waals surface area contributed by atoms with Crippen LogP contribution in [0.2, 0.25) is 0 Å². The van der Waals surface area contributed by atoms with Gasteiger partial charge < -0.3 is 10.2 Å². The molecule has 0 saturated heterocycles. The first kappa shape index (κ1) is 13.2. The molecule has 0 amide bonds. The highest BCUT2D eigenvalue weighted by atomic mass is 16.4. The Hall–Kier alpha value is -2.82. The maximum Gasteiger partial charge on any atom is 0.426 e. The topological polar surface area (TPSA) is 78.2 Å². The van der Waals surface area contributed by atoms with Crippen LogP contribution in [0.15, 0.2) is 51.7 Å². The van der Waals surface area contributed by atoms with E-state index in [9.17, 15) is 9.59 Å². The Morgan fingerprint density at radius 3 is 2.81 bits per heavy atom. The molecular weight excluding hydrogens is 268 g/mol. The zero-order valence-corrected chi connectivity index (χ0v) is 11.5. The maximum absolute atomic E-state index is 12.4. The van der Waals surface area contributed by atoms with E-state index in [1.54, 1.807) is 12.1 Å². The molecule has 0 aliphatic carbocycles. The van der Waals surface area contributed by atoms with E-state index in [0.717, 1.165) is 15.7 Å². The third-order valence-electron chi connectivity index (χ3n) is 3.29. The minimum absolute atomic E-state index is 0.139. The lowest BCUT2D eigenvalue weighted by Gasteiger charge is -2.03. The van der Waals surface area contributed by atoms with E-state index < -0.39 is 5.76 Å². The number of anilines is 1. The molecular formula is C16H14N2O3. The lowest BCUT2D eigenvalue weighted by atomic mass is 10.1. The van der Waals surface area contributed by atoms with Crippen molar-refractivity contribution in [2.75, 3.05) is 5.73 Å². The van der Waals surface area contributed by atoms with E-state index in [0.29, 0.717) is 16.8 Å². The van der Waals surface area contributed by atoms with Gasteiger partial charge in [0, 0.05) is 11.8 Å². The Balaban J connectivity index is 2.02. The summed E-state index contributed by atoms with van der Waals surface area (Å²) >= 11 is 0. The molecule has 5 nitrogen and oxygen atoms in total. The number of fused-ring (bicyclic) bond motifs is 1. The average Bonchev–Trinajstić information content (AvgIpc) is 2.73. The first-order valence-corrected chi connectivity index (χ1v) is 6.54. The molecule has 0 radical (unpaired) electrons. The molecule has 0 fully saturated rings. The summed E-state index contributed by atoms with van der Waals surface area (Å²) in [7, 11) is 0. The summed E-state index contributed by atoms with van der Waals surface area (Å²) in [6.45, 7) is 1.95. The average molecular weight is 282 g/mol. The SMILES string of the molecule is Cc1cccc(CC(=O)n2c(=O)oc3cc(N)ccc32)c1. The van der Waals surface area contributed by atoms with Gasteiger partial charge in [-0.3, -0.25) is 4.79 Å². The third-order valence-corrected chi connectivity index (χ3v) is 3.29. The Bertz CT molecular complexity index is 890. The number of rotatable bonds is 2. The molecule has 0 aliphatic heterocycles. The van der Waals surface area contributed by atoms with Gasteiger partial charge in [-0.2, -0.15) is 0 Å². The van der Waals surface area contributed by atoms with Crippen LogP contribution in [0, 0.1) is 6.92 Å². The second-order valence-corrected chi connectivity index (χ2v) is 4.99. The number of oxazole rings is 1. The van der Waals surface area contributed by atoms with E-state index in [2.05, 4.69) is 0 Å². The molecule has 0 aliphatic rings. The summed E-state index contributed by atoms with van der Waals surface area (Å²) in [5, 5.41) is 0. The fourth-order valence-electron chi connectivity index (χ4n) is 2.35. The molecule has 5 heteroatoms. The number of benzene rings is 2. The number of hydrogen-bond acceptors (Lipinski definition) is 4. The molecule has 2 aromatic carbocycles. The number of nitrogen functional groups attached to an aromatic ring is 1. The number of nitrogens with zero attached hydrogens (tertiary/aromatic N) is 1. The highest BCUT2D eigenvalue weighted by Gasteiger charge is 2.16. The van der Waals surface area contributed by atoms with E-state index in [-0.39, 0.29) is 12.3 Å². The second-order valence-electron chi connectivity index (χ2n) is 4.99. The van der Waals surface area contributed by atoms with Gasteiger partial charge in [0.1, 0.15) is 0 Å². The molecule has 3 aromatic rings. The molecule has 1 heterocycles. The molecule has 0 atom stereocenters. The Kier molecular flexibility index (Phi) is 3.10. The van der Waals surface area contributed by atoms with Gasteiger partial charge in [0.05, 0.1) is 11.9 Å². The van der Waals surface area contributed by atoms with Crippen LogP contribution in [-0.2, 0) is 6.42 Å². The van der Waals surface area contributed by atoms with E-state index in [1.807, 2.05) is 31.2 Å². The smallest absolute Gasteiger partial charge is 0.407 e. The van der Waals surface area contributed by atoms with Crippen LogP contribution in [0.5, 0.6) is 0 Å². The Morgan fingerprint density at radius 1 is 1.24 bits per heavy atom. The van der Waals surface area contributed by atoms with E-state index >= 15 is 0 Å². The second kappa shape index (κ2) is 4.94. The van der Waals surface area contributed by atoms with Crippen molar-refractivity contribution in [3.8, 4) is 0 Å². The fraction of sp³-hybridized carbons (Fsp3) is 0.125. The normalized spacial score (nSPS) is 10.9. The number of hydrogen-bond donors (Lipinski definition) is 1. The first-order chi connectivity index (χ1) is 10.0. The zero-order chi connectivity index (χ0) is 15.0. The maximum atomic E-state index is 12.4. The van der Waals surface area contributed by atoms with Gasteiger partial charge in [-0.25, -0.2) is 9.36 Å². The predicted octanol–water partition coefficient (Wildman–Crippen LogP) is 2.37. The summed E-state index contributed by atoms with van der Waals surface area (Å²) < 4.78 is 6.12. The Morgan fingerprint density at radius 2 is 2.05 bits per heavy atom. The third kappa shape index (κ3) is 2.45. The van der Waals surface area contributed by atoms with Crippen LogP contribution < -0.4 is 11.5 Å². The molecule has 1 aromatic heterocycles. The highest BCUT2D eigenvalue weighted by molar-refractivity contribution is 5.91. The van der Waals surface area contributed by atoms with Gasteiger partial charge in [-0.1, -0.05) is 29.8 Å². The van der Waals surface area contributed by atoms with Crippen molar-refractivity contribution in [3.63, 3.8) is 0 Å². The van der Waals surface area contributed by atoms with E-state index in [4.69, 9.17) is 10.2 Å². The summed E-state index contributed by atoms with van der Waals surface area (Å²) in [4.78, 5) is 24.3. The van der Waals surface area contributed by atoms with Crippen molar-refractivity contribution in [3.05, 3.63) is 64.1 Å². The van der Waals surface area contributed by atoms with Gasteiger partial charge in [0.2, 0.25) is 5.91 Å². The van der Waals surface area contributed by atoms with Crippen LogP contribution in [-0.4, -0.2) is 10.5 Å².